The number of benzene rings is 2. The molecule has 35 heavy (non-hydrogen) atoms. The topological polar surface area (TPSA) is 105 Å². The second-order valence-corrected chi connectivity index (χ2v) is 9.46. The Hall–Kier alpha value is -3.61. The zero-order chi connectivity index (χ0) is 24.8. The summed E-state index contributed by atoms with van der Waals surface area (Å²) in [6.07, 6.45) is 5.13. The Labute approximate surface area is 205 Å². The van der Waals surface area contributed by atoms with Crippen molar-refractivity contribution in [3.8, 4) is 11.1 Å². The molecule has 0 spiro atoms. The van der Waals surface area contributed by atoms with Gasteiger partial charge in [0.25, 0.3) is 0 Å². The Bertz CT molecular complexity index is 1070. The minimum atomic E-state index is -0.830. The third-order valence-corrected chi connectivity index (χ3v) is 6.80. The molecular formula is C28H32N2O5. The number of rotatable bonds is 9. The van der Waals surface area contributed by atoms with Crippen LogP contribution in [0.2, 0.25) is 0 Å². The monoisotopic (exact) mass is 476 g/mol. The van der Waals surface area contributed by atoms with Gasteiger partial charge in [0.05, 0.1) is 6.04 Å². The molecule has 4 rings (SSSR count). The average molecular weight is 477 g/mol. The van der Waals surface area contributed by atoms with Gasteiger partial charge in [-0.25, -0.2) is 4.79 Å². The summed E-state index contributed by atoms with van der Waals surface area (Å²) in [5.74, 6) is -1.15. The molecule has 0 heterocycles. The van der Waals surface area contributed by atoms with Gasteiger partial charge in [-0.15, -0.1) is 0 Å². The predicted octanol–water partition coefficient (Wildman–Crippen LogP) is 4.48. The standard InChI is InChI=1S/C28H32N2O5/c1-18(15-26(31)32)13-14-29-27(33)19-7-6-8-20(16-19)30-28(34)35-17-25-23-11-4-2-9-21(23)22-10-3-5-12-24(22)25/h2-6,8-12,18-20,25H,7,13-17H2,1H3,(H,29,33)(H,30,34)(H,31,32)/t18?,19-,20-/m1/s1. The van der Waals surface area contributed by atoms with Crippen molar-refractivity contribution in [2.75, 3.05) is 13.2 Å². The molecule has 1 unspecified atom stereocenters. The Balaban J connectivity index is 1.25. The summed E-state index contributed by atoms with van der Waals surface area (Å²) in [5, 5.41) is 14.6. The second kappa shape index (κ2) is 11.2. The number of carbonyl (C=O) groups is 3. The van der Waals surface area contributed by atoms with Crippen molar-refractivity contribution in [2.24, 2.45) is 11.8 Å². The Kier molecular flexibility index (Phi) is 7.85. The van der Waals surface area contributed by atoms with E-state index in [4.69, 9.17) is 9.84 Å². The summed E-state index contributed by atoms with van der Waals surface area (Å²) in [5.41, 5.74) is 4.68. The molecule has 184 valence electrons. The van der Waals surface area contributed by atoms with Crippen LogP contribution in [0.15, 0.2) is 60.7 Å². The van der Waals surface area contributed by atoms with Gasteiger partial charge in [-0.3, -0.25) is 9.59 Å². The third kappa shape index (κ3) is 6.10. The fourth-order valence-corrected chi connectivity index (χ4v) is 4.99. The summed E-state index contributed by atoms with van der Waals surface area (Å²) in [6.45, 7) is 2.55. The van der Waals surface area contributed by atoms with Crippen molar-refractivity contribution >= 4 is 18.0 Å². The number of carboxylic acids is 1. The number of fused-ring (bicyclic) bond motifs is 3. The molecule has 2 aliphatic rings. The van der Waals surface area contributed by atoms with Crippen LogP contribution in [0.4, 0.5) is 4.79 Å². The van der Waals surface area contributed by atoms with Crippen LogP contribution in [0.25, 0.3) is 11.1 Å². The lowest BCUT2D eigenvalue weighted by Gasteiger charge is -2.25. The molecule has 0 saturated heterocycles. The molecule has 3 atom stereocenters. The van der Waals surface area contributed by atoms with Gasteiger partial charge in [-0.2, -0.15) is 0 Å². The van der Waals surface area contributed by atoms with Crippen LogP contribution in [-0.4, -0.2) is 42.3 Å². The van der Waals surface area contributed by atoms with E-state index in [1.807, 2.05) is 43.3 Å². The Morgan fingerprint density at radius 3 is 2.37 bits per heavy atom. The zero-order valence-electron chi connectivity index (χ0n) is 19.9. The number of allylic oxidation sites excluding steroid dienone is 1. The molecule has 0 aliphatic heterocycles. The lowest BCUT2D eigenvalue weighted by atomic mass is 9.90. The molecule has 0 fully saturated rings. The molecule has 3 N–H and O–H groups in total. The van der Waals surface area contributed by atoms with Crippen LogP contribution < -0.4 is 10.6 Å². The smallest absolute Gasteiger partial charge is 0.407 e. The molecule has 2 aromatic rings. The normalized spacial score (nSPS) is 19.3. The van der Waals surface area contributed by atoms with Gasteiger partial charge < -0.3 is 20.5 Å². The molecule has 0 bridgehead atoms. The van der Waals surface area contributed by atoms with Crippen molar-refractivity contribution in [2.45, 2.75) is 44.6 Å². The SMILES string of the molecule is CC(CCNC(=O)[C@@H]1CC=C[C@@H](NC(=O)OCC2c3ccccc3-c3ccccc32)C1)CC(=O)O. The van der Waals surface area contributed by atoms with Gasteiger partial charge in [0.2, 0.25) is 5.91 Å². The van der Waals surface area contributed by atoms with Crippen molar-refractivity contribution in [1.29, 1.82) is 0 Å². The molecule has 0 saturated carbocycles. The number of hydrogen-bond acceptors (Lipinski definition) is 4. The molecule has 2 amide bonds. The molecule has 2 aliphatic carbocycles. The molecule has 7 heteroatoms. The van der Waals surface area contributed by atoms with E-state index in [2.05, 4.69) is 34.9 Å². The first-order valence-electron chi connectivity index (χ1n) is 12.2. The highest BCUT2D eigenvalue weighted by molar-refractivity contribution is 5.80. The van der Waals surface area contributed by atoms with Gasteiger partial charge in [0, 0.05) is 24.8 Å². The van der Waals surface area contributed by atoms with Crippen LogP contribution in [0.3, 0.4) is 0 Å². The third-order valence-electron chi connectivity index (χ3n) is 6.80. The number of nitrogens with one attached hydrogen (secondary N) is 2. The van der Waals surface area contributed by atoms with Gasteiger partial charge in [-0.1, -0.05) is 67.6 Å². The van der Waals surface area contributed by atoms with Crippen molar-refractivity contribution in [3.05, 3.63) is 71.8 Å². The van der Waals surface area contributed by atoms with Crippen molar-refractivity contribution in [3.63, 3.8) is 0 Å². The minimum Gasteiger partial charge on any atom is -0.481 e. The number of hydrogen-bond donors (Lipinski definition) is 3. The van der Waals surface area contributed by atoms with Crippen LogP contribution in [-0.2, 0) is 14.3 Å². The average Bonchev–Trinajstić information content (AvgIpc) is 3.16. The van der Waals surface area contributed by atoms with Gasteiger partial charge in [0.1, 0.15) is 6.61 Å². The minimum absolute atomic E-state index is 0.00188. The second-order valence-electron chi connectivity index (χ2n) is 9.46. The fraction of sp³-hybridized carbons (Fsp3) is 0.393. The highest BCUT2D eigenvalue weighted by Gasteiger charge is 2.30. The molecule has 7 nitrogen and oxygen atoms in total. The fourth-order valence-electron chi connectivity index (χ4n) is 4.99. The lowest BCUT2D eigenvalue weighted by Crippen LogP contribution is -2.41. The van der Waals surface area contributed by atoms with Crippen LogP contribution >= 0.6 is 0 Å². The van der Waals surface area contributed by atoms with E-state index in [0.29, 0.717) is 25.8 Å². The summed E-state index contributed by atoms with van der Waals surface area (Å²) in [7, 11) is 0. The van der Waals surface area contributed by atoms with Crippen molar-refractivity contribution in [1.82, 2.24) is 10.6 Å². The number of alkyl carbamates (subject to hydrolysis) is 1. The van der Waals surface area contributed by atoms with Crippen molar-refractivity contribution < 1.29 is 24.2 Å². The summed E-state index contributed by atoms with van der Waals surface area (Å²) < 4.78 is 5.63. The summed E-state index contributed by atoms with van der Waals surface area (Å²) >= 11 is 0. The van der Waals surface area contributed by atoms with E-state index < -0.39 is 12.1 Å². The van der Waals surface area contributed by atoms with E-state index in [-0.39, 0.29) is 42.7 Å². The molecule has 0 aromatic heterocycles. The highest BCUT2D eigenvalue weighted by Crippen LogP contribution is 2.44. The van der Waals surface area contributed by atoms with E-state index in [1.54, 1.807) is 0 Å². The number of ether oxygens (including phenoxy) is 1. The number of carbonyl (C=O) groups excluding carboxylic acids is 2. The maximum Gasteiger partial charge on any atom is 0.407 e. The maximum atomic E-state index is 12.6. The van der Waals surface area contributed by atoms with Crippen LogP contribution in [0.5, 0.6) is 0 Å². The van der Waals surface area contributed by atoms with E-state index >= 15 is 0 Å². The van der Waals surface area contributed by atoms with E-state index in [0.717, 1.165) is 11.1 Å². The number of amides is 2. The van der Waals surface area contributed by atoms with Gasteiger partial charge >= 0.3 is 12.1 Å². The van der Waals surface area contributed by atoms with Crippen LogP contribution in [0, 0.1) is 11.8 Å². The highest BCUT2D eigenvalue weighted by atomic mass is 16.5. The van der Waals surface area contributed by atoms with E-state index in [1.165, 1.54) is 11.1 Å². The number of carboxylic acid groups (broad SMARTS) is 1. The quantitative estimate of drug-likeness (QED) is 0.463. The first-order valence-corrected chi connectivity index (χ1v) is 12.2. The molecule has 0 radical (unpaired) electrons. The maximum absolute atomic E-state index is 12.6. The first kappa shape index (κ1) is 24.5. The van der Waals surface area contributed by atoms with E-state index in [9.17, 15) is 14.4 Å². The summed E-state index contributed by atoms with van der Waals surface area (Å²) in [6, 6.07) is 16.1. The number of aliphatic carboxylic acids is 1. The Morgan fingerprint density at radius 2 is 1.71 bits per heavy atom. The van der Waals surface area contributed by atoms with Crippen LogP contribution in [0.1, 0.15) is 49.7 Å². The molecule has 2 aromatic carbocycles. The van der Waals surface area contributed by atoms with Gasteiger partial charge in [-0.05, 0) is 47.4 Å². The summed E-state index contributed by atoms with van der Waals surface area (Å²) in [4.78, 5) is 35.9. The predicted molar refractivity (Wildman–Crippen MR) is 133 cm³/mol. The molecular weight excluding hydrogens is 444 g/mol. The zero-order valence-corrected chi connectivity index (χ0v) is 19.9. The first-order chi connectivity index (χ1) is 16.9. The largest absolute Gasteiger partial charge is 0.481 e. The van der Waals surface area contributed by atoms with Gasteiger partial charge in [0.15, 0.2) is 0 Å². The lowest BCUT2D eigenvalue weighted by molar-refractivity contribution is -0.138. The Morgan fingerprint density at radius 1 is 1.06 bits per heavy atom.